The maximum Gasteiger partial charge on any atom is 0.305 e. The Hall–Kier alpha value is -1.58. The summed E-state index contributed by atoms with van der Waals surface area (Å²) in [5, 5.41) is 15.3. The van der Waals surface area contributed by atoms with Crippen molar-refractivity contribution in [2.45, 2.75) is 37.7 Å². The van der Waals surface area contributed by atoms with Crippen LogP contribution in [0.15, 0.2) is 0 Å². The van der Waals surface area contributed by atoms with Crippen molar-refractivity contribution in [3.05, 3.63) is 5.01 Å². The van der Waals surface area contributed by atoms with Crippen LogP contribution in [0.25, 0.3) is 0 Å². The number of methoxy groups -OCH3 is 2. The lowest BCUT2D eigenvalue weighted by molar-refractivity contribution is -0.141. The zero-order valence-corrected chi connectivity index (χ0v) is 14.2. The van der Waals surface area contributed by atoms with Crippen molar-refractivity contribution in [2.75, 3.05) is 32.6 Å². The van der Waals surface area contributed by atoms with E-state index in [0.29, 0.717) is 37.2 Å². The van der Waals surface area contributed by atoms with Crippen LogP contribution in [0.5, 0.6) is 0 Å². The molecule has 1 amide bonds. The van der Waals surface area contributed by atoms with E-state index in [1.807, 2.05) is 0 Å². The molecule has 1 fully saturated rings. The van der Waals surface area contributed by atoms with E-state index in [0.717, 1.165) is 18.1 Å². The molecule has 1 aromatic heterocycles. The van der Waals surface area contributed by atoms with Crippen LogP contribution in [0, 0.1) is 0 Å². The van der Waals surface area contributed by atoms with Crippen LogP contribution < -0.4 is 10.6 Å². The number of carbonyl (C=O) groups is 2. The first-order valence-electron chi connectivity index (χ1n) is 7.56. The number of hydrogen-bond acceptors (Lipinski definition) is 8. The summed E-state index contributed by atoms with van der Waals surface area (Å²) in [5.41, 5.74) is -0.804. The molecule has 9 heteroatoms. The highest BCUT2D eigenvalue weighted by Gasteiger charge is 2.40. The molecule has 0 atom stereocenters. The molecule has 23 heavy (non-hydrogen) atoms. The Morgan fingerprint density at radius 3 is 2.70 bits per heavy atom. The van der Waals surface area contributed by atoms with Gasteiger partial charge in [0.05, 0.1) is 7.11 Å². The topological polar surface area (TPSA) is 102 Å². The number of nitrogens with zero attached hydrogens (tertiary/aromatic N) is 2. The fourth-order valence-corrected chi connectivity index (χ4v) is 3.23. The minimum Gasteiger partial charge on any atom is -0.469 e. The van der Waals surface area contributed by atoms with Crippen LogP contribution in [0.2, 0.25) is 0 Å². The standard InChI is InChI=1S/C14H22N4O4S/c1-21-11(19)5-3-4-10-17-18-13(23-10)16-12(20)14(22-2)6-8-15-9-7-14/h15H,3-9H2,1-2H3,(H,16,18,20). The largest absolute Gasteiger partial charge is 0.469 e. The highest BCUT2D eigenvalue weighted by Crippen LogP contribution is 2.25. The molecule has 1 aromatic rings. The lowest BCUT2D eigenvalue weighted by atomic mass is 9.91. The molecule has 0 spiro atoms. The molecule has 0 aliphatic carbocycles. The number of anilines is 1. The fourth-order valence-electron chi connectivity index (χ4n) is 2.46. The molecule has 0 radical (unpaired) electrons. The van der Waals surface area contributed by atoms with Gasteiger partial charge in [0.25, 0.3) is 5.91 Å². The maximum atomic E-state index is 12.5. The third-order valence-electron chi connectivity index (χ3n) is 3.90. The lowest BCUT2D eigenvalue weighted by Gasteiger charge is -2.34. The van der Waals surface area contributed by atoms with Crippen molar-refractivity contribution >= 4 is 28.3 Å². The summed E-state index contributed by atoms with van der Waals surface area (Å²) in [6.45, 7) is 1.49. The number of amides is 1. The van der Waals surface area contributed by atoms with Gasteiger partial charge in [0.15, 0.2) is 0 Å². The van der Waals surface area contributed by atoms with E-state index < -0.39 is 5.60 Å². The van der Waals surface area contributed by atoms with Gasteiger partial charge in [-0.05, 0) is 32.4 Å². The third-order valence-corrected chi connectivity index (χ3v) is 4.80. The van der Waals surface area contributed by atoms with Crippen LogP contribution in [0.1, 0.15) is 30.7 Å². The van der Waals surface area contributed by atoms with Gasteiger partial charge < -0.3 is 14.8 Å². The second-order valence-corrected chi connectivity index (χ2v) is 6.40. The Bertz CT molecular complexity index is 543. The van der Waals surface area contributed by atoms with Crippen LogP contribution in [0.3, 0.4) is 0 Å². The summed E-state index contributed by atoms with van der Waals surface area (Å²) in [4.78, 5) is 23.6. The van der Waals surface area contributed by atoms with E-state index in [1.54, 1.807) is 7.11 Å². The van der Waals surface area contributed by atoms with Gasteiger partial charge in [-0.2, -0.15) is 0 Å². The molecule has 0 saturated carbocycles. The van der Waals surface area contributed by atoms with Crippen LogP contribution >= 0.6 is 11.3 Å². The second-order valence-electron chi connectivity index (χ2n) is 5.33. The molecule has 1 aliphatic heterocycles. The van der Waals surface area contributed by atoms with Crippen molar-refractivity contribution in [3.8, 4) is 0 Å². The summed E-state index contributed by atoms with van der Waals surface area (Å²) in [6.07, 6.45) is 2.86. The van der Waals surface area contributed by atoms with Crippen molar-refractivity contribution in [2.24, 2.45) is 0 Å². The first-order valence-corrected chi connectivity index (χ1v) is 8.38. The number of ether oxygens (including phenoxy) is 2. The van der Waals surface area contributed by atoms with Gasteiger partial charge in [0, 0.05) is 20.0 Å². The molecule has 2 rings (SSSR count). The van der Waals surface area contributed by atoms with E-state index in [-0.39, 0.29) is 11.9 Å². The zero-order chi connectivity index (χ0) is 16.7. The van der Waals surface area contributed by atoms with E-state index >= 15 is 0 Å². The normalized spacial score (nSPS) is 16.8. The molecular formula is C14H22N4O4S. The van der Waals surface area contributed by atoms with Crippen molar-refractivity contribution in [1.29, 1.82) is 0 Å². The van der Waals surface area contributed by atoms with Gasteiger partial charge in [-0.3, -0.25) is 14.9 Å². The predicted molar refractivity (Wildman–Crippen MR) is 85.3 cm³/mol. The summed E-state index contributed by atoms with van der Waals surface area (Å²) >= 11 is 1.32. The summed E-state index contributed by atoms with van der Waals surface area (Å²) < 4.78 is 10.1. The molecular weight excluding hydrogens is 320 g/mol. The Balaban J connectivity index is 1.88. The molecule has 1 aliphatic rings. The SMILES string of the molecule is COC(=O)CCCc1nnc(NC(=O)C2(OC)CCNCC2)s1. The van der Waals surface area contributed by atoms with E-state index in [2.05, 4.69) is 25.6 Å². The van der Waals surface area contributed by atoms with Crippen molar-refractivity contribution < 1.29 is 19.1 Å². The van der Waals surface area contributed by atoms with Gasteiger partial charge in [-0.15, -0.1) is 10.2 Å². The molecule has 0 unspecified atom stereocenters. The lowest BCUT2D eigenvalue weighted by Crippen LogP contribution is -2.51. The van der Waals surface area contributed by atoms with Crippen molar-refractivity contribution in [3.63, 3.8) is 0 Å². The molecule has 2 N–H and O–H groups in total. The van der Waals surface area contributed by atoms with E-state index in [4.69, 9.17) is 4.74 Å². The Labute approximate surface area is 139 Å². The smallest absolute Gasteiger partial charge is 0.305 e. The minimum absolute atomic E-state index is 0.182. The first kappa shape index (κ1) is 17.8. The second kappa shape index (κ2) is 8.32. The average molecular weight is 342 g/mol. The molecule has 0 bridgehead atoms. The van der Waals surface area contributed by atoms with Gasteiger partial charge in [-0.25, -0.2) is 0 Å². The minimum atomic E-state index is -0.804. The Morgan fingerprint density at radius 2 is 2.04 bits per heavy atom. The zero-order valence-electron chi connectivity index (χ0n) is 13.4. The number of piperidine rings is 1. The average Bonchev–Trinajstić information content (AvgIpc) is 3.02. The maximum absolute atomic E-state index is 12.5. The fraction of sp³-hybridized carbons (Fsp3) is 0.714. The van der Waals surface area contributed by atoms with Crippen LogP contribution in [-0.4, -0.2) is 55.0 Å². The number of aryl methyl sites for hydroxylation is 1. The number of aromatic nitrogens is 2. The Kier molecular flexibility index (Phi) is 6.43. The van der Waals surface area contributed by atoms with Gasteiger partial charge in [0.2, 0.25) is 5.13 Å². The molecule has 128 valence electrons. The number of carbonyl (C=O) groups excluding carboxylic acids is 2. The molecule has 1 saturated heterocycles. The van der Waals surface area contributed by atoms with Gasteiger partial charge in [-0.1, -0.05) is 11.3 Å². The van der Waals surface area contributed by atoms with Crippen LogP contribution in [0.4, 0.5) is 5.13 Å². The third kappa shape index (κ3) is 4.69. The quantitative estimate of drug-likeness (QED) is 0.705. The summed E-state index contributed by atoms with van der Waals surface area (Å²) in [7, 11) is 2.93. The van der Waals surface area contributed by atoms with Crippen LogP contribution in [-0.2, 0) is 25.5 Å². The summed E-state index contributed by atoms with van der Waals surface area (Å²) in [5.74, 6) is -0.422. The van der Waals surface area contributed by atoms with E-state index in [1.165, 1.54) is 18.4 Å². The first-order chi connectivity index (χ1) is 11.1. The molecule has 0 aromatic carbocycles. The number of hydrogen-bond donors (Lipinski definition) is 2. The van der Waals surface area contributed by atoms with Crippen molar-refractivity contribution in [1.82, 2.24) is 15.5 Å². The summed E-state index contributed by atoms with van der Waals surface area (Å²) in [6, 6.07) is 0. The predicted octanol–water partition coefficient (Wildman–Crippen LogP) is 0.741. The highest BCUT2D eigenvalue weighted by molar-refractivity contribution is 7.15. The van der Waals surface area contributed by atoms with E-state index in [9.17, 15) is 9.59 Å². The molecule has 2 heterocycles. The van der Waals surface area contributed by atoms with Gasteiger partial charge >= 0.3 is 5.97 Å². The number of rotatable bonds is 7. The number of nitrogens with one attached hydrogen (secondary N) is 2. The van der Waals surface area contributed by atoms with Gasteiger partial charge in [0.1, 0.15) is 10.6 Å². The highest BCUT2D eigenvalue weighted by atomic mass is 32.1. The number of esters is 1. The Morgan fingerprint density at radius 1 is 1.30 bits per heavy atom. The molecule has 8 nitrogen and oxygen atoms in total. The monoisotopic (exact) mass is 342 g/mol.